The third-order valence-corrected chi connectivity index (χ3v) is 3.74. The molecular formula is C15H15BrFN3O. The van der Waals surface area contributed by atoms with Crippen LogP contribution in [0.15, 0.2) is 52.1 Å². The van der Waals surface area contributed by atoms with E-state index in [2.05, 4.69) is 21.1 Å². The van der Waals surface area contributed by atoms with Crippen molar-refractivity contribution in [3.8, 4) is 0 Å². The molecule has 0 aliphatic heterocycles. The summed E-state index contributed by atoms with van der Waals surface area (Å²) in [6.07, 6.45) is 0. The lowest BCUT2D eigenvalue weighted by atomic mass is 10.1. The number of halogens is 2. The molecule has 0 atom stereocenters. The minimum absolute atomic E-state index is 0.0298. The maximum absolute atomic E-state index is 13.4. The van der Waals surface area contributed by atoms with E-state index >= 15 is 0 Å². The van der Waals surface area contributed by atoms with E-state index in [1.807, 2.05) is 30.0 Å². The molecule has 0 aliphatic rings. The van der Waals surface area contributed by atoms with Crippen LogP contribution in [-0.4, -0.2) is 17.6 Å². The van der Waals surface area contributed by atoms with Gasteiger partial charge in [0.15, 0.2) is 5.84 Å². The van der Waals surface area contributed by atoms with Gasteiger partial charge in [0.2, 0.25) is 0 Å². The normalized spacial score (nSPS) is 11.5. The number of hydrogen-bond acceptors (Lipinski definition) is 3. The monoisotopic (exact) mass is 351 g/mol. The van der Waals surface area contributed by atoms with Crippen LogP contribution in [0.5, 0.6) is 0 Å². The summed E-state index contributed by atoms with van der Waals surface area (Å²) in [7, 11) is 0. The zero-order valence-corrected chi connectivity index (χ0v) is 13.0. The molecule has 2 aromatic carbocycles. The fourth-order valence-corrected chi connectivity index (χ4v) is 2.66. The SMILES string of the molecule is CCN(c1cccc(F)c1)c1ccc(/C(N)=N/O)c(Br)c1. The second-order valence-electron chi connectivity index (χ2n) is 4.37. The Balaban J connectivity index is 2.42. The summed E-state index contributed by atoms with van der Waals surface area (Å²) in [6, 6.07) is 11.8. The summed E-state index contributed by atoms with van der Waals surface area (Å²) in [5.41, 5.74) is 7.83. The maximum atomic E-state index is 13.4. The van der Waals surface area contributed by atoms with Gasteiger partial charge in [0.05, 0.1) is 0 Å². The van der Waals surface area contributed by atoms with Gasteiger partial charge >= 0.3 is 0 Å². The first kappa shape index (κ1) is 15.3. The quantitative estimate of drug-likeness (QED) is 0.380. The Morgan fingerprint density at radius 2 is 2.00 bits per heavy atom. The van der Waals surface area contributed by atoms with Gasteiger partial charge in [0, 0.05) is 28.0 Å². The van der Waals surface area contributed by atoms with Crippen molar-refractivity contribution in [3.63, 3.8) is 0 Å². The number of amidine groups is 1. The molecule has 0 saturated heterocycles. The van der Waals surface area contributed by atoms with Gasteiger partial charge in [-0.1, -0.05) is 11.2 Å². The summed E-state index contributed by atoms with van der Waals surface area (Å²) >= 11 is 3.40. The van der Waals surface area contributed by atoms with Crippen LogP contribution < -0.4 is 10.6 Å². The van der Waals surface area contributed by atoms with E-state index in [0.29, 0.717) is 16.6 Å². The summed E-state index contributed by atoms with van der Waals surface area (Å²) in [4.78, 5) is 1.96. The Morgan fingerprint density at radius 3 is 2.57 bits per heavy atom. The number of benzene rings is 2. The average molecular weight is 352 g/mol. The number of nitrogens with zero attached hydrogens (tertiary/aromatic N) is 2. The van der Waals surface area contributed by atoms with Gasteiger partial charge in [-0.3, -0.25) is 0 Å². The molecule has 0 saturated carbocycles. The molecule has 6 heteroatoms. The van der Waals surface area contributed by atoms with Crippen LogP contribution in [0, 0.1) is 5.82 Å². The zero-order valence-electron chi connectivity index (χ0n) is 11.4. The van der Waals surface area contributed by atoms with Crippen LogP contribution in [0.25, 0.3) is 0 Å². The number of nitrogens with two attached hydrogens (primary N) is 1. The Labute approximate surface area is 130 Å². The molecule has 0 amide bonds. The van der Waals surface area contributed by atoms with Crippen LogP contribution in [-0.2, 0) is 0 Å². The second kappa shape index (κ2) is 6.58. The van der Waals surface area contributed by atoms with Gasteiger partial charge in [0.1, 0.15) is 5.82 Å². The third kappa shape index (κ3) is 3.33. The fourth-order valence-electron chi connectivity index (χ4n) is 2.09. The van der Waals surface area contributed by atoms with Crippen molar-refractivity contribution in [1.82, 2.24) is 0 Å². The van der Waals surface area contributed by atoms with Crippen molar-refractivity contribution in [2.45, 2.75) is 6.92 Å². The third-order valence-electron chi connectivity index (χ3n) is 3.08. The second-order valence-corrected chi connectivity index (χ2v) is 5.23. The summed E-state index contributed by atoms with van der Waals surface area (Å²) in [5, 5.41) is 11.7. The summed E-state index contributed by atoms with van der Waals surface area (Å²) in [5.74, 6) is -0.250. The molecule has 3 N–H and O–H groups in total. The van der Waals surface area contributed by atoms with Crippen molar-refractivity contribution in [1.29, 1.82) is 0 Å². The Hall–Kier alpha value is -2.08. The molecule has 0 heterocycles. The molecule has 110 valence electrons. The molecule has 0 aliphatic carbocycles. The van der Waals surface area contributed by atoms with Gasteiger partial charge in [0.25, 0.3) is 0 Å². The number of hydrogen-bond donors (Lipinski definition) is 2. The van der Waals surface area contributed by atoms with Gasteiger partial charge in [-0.15, -0.1) is 0 Å². The smallest absolute Gasteiger partial charge is 0.171 e. The largest absolute Gasteiger partial charge is 0.409 e. The zero-order chi connectivity index (χ0) is 15.4. The highest BCUT2D eigenvalue weighted by molar-refractivity contribution is 9.10. The van der Waals surface area contributed by atoms with E-state index in [9.17, 15) is 4.39 Å². The topological polar surface area (TPSA) is 61.8 Å². The lowest BCUT2D eigenvalue weighted by Crippen LogP contribution is -2.18. The van der Waals surface area contributed by atoms with Crippen LogP contribution >= 0.6 is 15.9 Å². The Bertz CT molecular complexity index is 676. The summed E-state index contributed by atoms with van der Waals surface area (Å²) in [6.45, 7) is 2.66. The van der Waals surface area contributed by atoms with Crippen LogP contribution in [0.4, 0.5) is 15.8 Å². The first-order valence-corrected chi connectivity index (χ1v) is 7.16. The minimum Gasteiger partial charge on any atom is -0.409 e. The predicted molar refractivity (Wildman–Crippen MR) is 85.7 cm³/mol. The molecule has 2 rings (SSSR count). The van der Waals surface area contributed by atoms with E-state index in [4.69, 9.17) is 10.9 Å². The van der Waals surface area contributed by atoms with Gasteiger partial charge in [-0.05, 0) is 59.3 Å². The molecule has 0 unspecified atom stereocenters. The Kier molecular flexibility index (Phi) is 4.80. The molecule has 2 aromatic rings. The lowest BCUT2D eigenvalue weighted by molar-refractivity contribution is 0.318. The highest BCUT2D eigenvalue weighted by Crippen LogP contribution is 2.29. The van der Waals surface area contributed by atoms with E-state index < -0.39 is 0 Å². The van der Waals surface area contributed by atoms with E-state index in [1.165, 1.54) is 12.1 Å². The fraction of sp³-hybridized carbons (Fsp3) is 0.133. The van der Waals surface area contributed by atoms with Crippen LogP contribution in [0.3, 0.4) is 0 Å². The highest BCUT2D eigenvalue weighted by atomic mass is 79.9. The highest BCUT2D eigenvalue weighted by Gasteiger charge is 2.11. The first-order chi connectivity index (χ1) is 10.1. The molecular weight excluding hydrogens is 337 g/mol. The average Bonchev–Trinajstić information content (AvgIpc) is 2.47. The number of oxime groups is 1. The number of anilines is 2. The van der Waals surface area contributed by atoms with Crippen molar-refractivity contribution in [2.24, 2.45) is 10.9 Å². The molecule has 0 radical (unpaired) electrons. The minimum atomic E-state index is -0.279. The van der Waals surface area contributed by atoms with E-state index in [1.54, 1.807) is 12.1 Å². The van der Waals surface area contributed by atoms with Gasteiger partial charge in [-0.25, -0.2) is 4.39 Å². The molecule has 0 spiro atoms. The Morgan fingerprint density at radius 1 is 1.29 bits per heavy atom. The maximum Gasteiger partial charge on any atom is 0.171 e. The first-order valence-electron chi connectivity index (χ1n) is 6.37. The summed E-state index contributed by atoms with van der Waals surface area (Å²) < 4.78 is 14.1. The van der Waals surface area contributed by atoms with E-state index in [-0.39, 0.29) is 11.7 Å². The lowest BCUT2D eigenvalue weighted by Gasteiger charge is -2.24. The molecule has 0 fully saturated rings. The van der Waals surface area contributed by atoms with Crippen molar-refractivity contribution in [2.75, 3.05) is 11.4 Å². The van der Waals surface area contributed by atoms with Crippen LogP contribution in [0.1, 0.15) is 12.5 Å². The van der Waals surface area contributed by atoms with Crippen molar-refractivity contribution in [3.05, 3.63) is 58.3 Å². The predicted octanol–water partition coefficient (Wildman–Crippen LogP) is 3.84. The standard InChI is InChI=1S/C15H15BrFN3O/c1-2-20(11-5-3-4-10(17)8-11)12-6-7-13(14(16)9-12)15(18)19-21/h3-9,21H,2H2,1H3,(H2,18,19). The van der Waals surface area contributed by atoms with E-state index in [0.717, 1.165) is 11.4 Å². The van der Waals surface area contributed by atoms with Gasteiger partial charge < -0.3 is 15.8 Å². The molecule has 0 bridgehead atoms. The van der Waals surface area contributed by atoms with Crippen molar-refractivity contribution >= 4 is 33.1 Å². The van der Waals surface area contributed by atoms with Gasteiger partial charge in [-0.2, -0.15) is 0 Å². The van der Waals surface area contributed by atoms with Crippen molar-refractivity contribution < 1.29 is 9.60 Å². The molecule has 0 aromatic heterocycles. The number of rotatable bonds is 4. The molecule has 4 nitrogen and oxygen atoms in total. The molecule has 21 heavy (non-hydrogen) atoms. The van der Waals surface area contributed by atoms with Crippen LogP contribution in [0.2, 0.25) is 0 Å².